The molecule has 6 nitrogen and oxygen atoms in total. The van der Waals surface area contributed by atoms with Crippen LogP contribution in [-0.4, -0.2) is 32.6 Å². The Labute approximate surface area is 160 Å². The molecule has 0 aliphatic rings. The van der Waals surface area contributed by atoms with E-state index in [-0.39, 0.29) is 0 Å². The molecule has 2 aromatic rings. The van der Waals surface area contributed by atoms with E-state index < -0.39 is 6.09 Å². The highest BCUT2D eigenvalue weighted by atomic mass is 16.5. The van der Waals surface area contributed by atoms with Gasteiger partial charge in [0, 0.05) is 0 Å². The third kappa shape index (κ3) is 6.66. The molecular weight excluding hydrogens is 344 g/mol. The van der Waals surface area contributed by atoms with Crippen LogP contribution in [0.3, 0.4) is 0 Å². The standard InChI is InChI=1S/C21H26N2O4/c1-15(2)19-9-8-16(3)12-20(19)27-11-10-26-18-7-5-6-17(13-18)14-22-23-21(24)25-4/h5-9,12-15H,10-11H2,1-4H3,(H,23,24). The summed E-state index contributed by atoms with van der Waals surface area (Å²) in [5, 5.41) is 3.79. The lowest BCUT2D eigenvalue weighted by Gasteiger charge is -2.15. The predicted molar refractivity (Wildman–Crippen MR) is 106 cm³/mol. The van der Waals surface area contributed by atoms with Crippen LogP contribution in [0.15, 0.2) is 47.6 Å². The maximum atomic E-state index is 11.0. The van der Waals surface area contributed by atoms with E-state index in [0.717, 1.165) is 11.3 Å². The first-order valence-corrected chi connectivity index (χ1v) is 8.83. The number of carbonyl (C=O) groups excluding carboxylic acids is 1. The van der Waals surface area contributed by atoms with Crippen molar-refractivity contribution in [3.63, 3.8) is 0 Å². The minimum atomic E-state index is -0.618. The smallest absolute Gasteiger partial charge is 0.427 e. The number of ether oxygens (including phenoxy) is 3. The summed E-state index contributed by atoms with van der Waals surface area (Å²) in [5.41, 5.74) is 5.39. The van der Waals surface area contributed by atoms with Crippen LogP contribution in [-0.2, 0) is 4.74 Å². The van der Waals surface area contributed by atoms with Gasteiger partial charge in [-0.3, -0.25) is 0 Å². The molecule has 2 aromatic carbocycles. The fraction of sp³-hybridized carbons (Fsp3) is 0.333. The van der Waals surface area contributed by atoms with Gasteiger partial charge in [0.1, 0.15) is 24.7 Å². The van der Waals surface area contributed by atoms with Crippen molar-refractivity contribution in [2.24, 2.45) is 5.10 Å². The van der Waals surface area contributed by atoms with Gasteiger partial charge in [0.15, 0.2) is 0 Å². The molecule has 0 bridgehead atoms. The second-order valence-corrected chi connectivity index (χ2v) is 6.33. The molecule has 27 heavy (non-hydrogen) atoms. The molecule has 0 fully saturated rings. The summed E-state index contributed by atoms with van der Waals surface area (Å²) in [5.74, 6) is 2.01. The molecule has 1 N–H and O–H groups in total. The average Bonchev–Trinajstić information content (AvgIpc) is 2.65. The number of rotatable bonds is 8. The monoisotopic (exact) mass is 370 g/mol. The molecule has 6 heteroatoms. The fourth-order valence-electron chi connectivity index (χ4n) is 2.44. The van der Waals surface area contributed by atoms with E-state index in [2.05, 4.69) is 54.2 Å². The molecule has 2 rings (SSSR count). The molecule has 0 aliphatic heterocycles. The average molecular weight is 370 g/mol. The zero-order chi connectivity index (χ0) is 19.6. The molecule has 0 aliphatic carbocycles. The molecule has 0 unspecified atom stereocenters. The van der Waals surface area contributed by atoms with Crippen LogP contribution in [0, 0.1) is 6.92 Å². The van der Waals surface area contributed by atoms with Gasteiger partial charge >= 0.3 is 6.09 Å². The van der Waals surface area contributed by atoms with Crippen LogP contribution in [0.2, 0.25) is 0 Å². The Bertz CT molecular complexity index is 788. The summed E-state index contributed by atoms with van der Waals surface area (Å²) in [7, 11) is 1.28. The van der Waals surface area contributed by atoms with Gasteiger partial charge in [-0.2, -0.15) is 5.10 Å². The SMILES string of the molecule is COC(=O)NN=Cc1cccc(OCCOc2cc(C)ccc2C(C)C)c1. The topological polar surface area (TPSA) is 69.2 Å². The van der Waals surface area contributed by atoms with Crippen LogP contribution in [0.1, 0.15) is 36.5 Å². The van der Waals surface area contributed by atoms with Gasteiger partial charge in [-0.05, 0) is 47.7 Å². The minimum absolute atomic E-state index is 0.399. The zero-order valence-electron chi connectivity index (χ0n) is 16.2. The number of hydrogen-bond donors (Lipinski definition) is 1. The summed E-state index contributed by atoms with van der Waals surface area (Å²) in [6.07, 6.45) is 0.898. The molecule has 0 aromatic heterocycles. The van der Waals surface area contributed by atoms with Crippen molar-refractivity contribution in [1.82, 2.24) is 5.43 Å². The molecule has 144 valence electrons. The van der Waals surface area contributed by atoms with Crippen LogP contribution in [0.4, 0.5) is 4.79 Å². The van der Waals surface area contributed by atoms with Crippen LogP contribution < -0.4 is 14.9 Å². The van der Waals surface area contributed by atoms with Crippen molar-refractivity contribution >= 4 is 12.3 Å². The van der Waals surface area contributed by atoms with Crippen molar-refractivity contribution in [1.29, 1.82) is 0 Å². The molecular formula is C21H26N2O4. The predicted octanol–water partition coefficient (Wildman–Crippen LogP) is 4.27. The molecule has 0 heterocycles. The first-order chi connectivity index (χ1) is 13.0. The van der Waals surface area contributed by atoms with Crippen molar-refractivity contribution in [3.8, 4) is 11.5 Å². The van der Waals surface area contributed by atoms with E-state index >= 15 is 0 Å². The largest absolute Gasteiger partial charge is 0.490 e. The van der Waals surface area contributed by atoms with Gasteiger partial charge in [0.2, 0.25) is 0 Å². The Hall–Kier alpha value is -3.02. The van der Waals surface area contributed by atoms with Crippen molar-refractivity contribution in [2.75, 3.05) is 20.3 Å². The van der Waals surface area contributed by atoms with E-state index in [0.29, 0.717) is 24.9 Å². The first-order valence-electron chi connectivity index (χ1n) is 8.83. The highest BCUT2D eigenvalue weighted by Gasteiger charge is 2.08. The van der Waals surface area contributed by atoms with Crippen LogP contribution in [0.25, 0.3) is 0 Å². The second kappa shape index (κ2) is 10.2. The Morgan fingerprint density at radius 3 is 2.67 bits per heavy atom. The number of methoxy groups -OCH3 is 1. The molecule has 0 atom stereocenters. The number of nitrogens with one attached hydrogen (secondary N) is 1. The highest BCUT2D eigenvalue weighted by molar-refractivity contribution is 5.81. The number of hydrogen-bond acceptors (Lipinski definition) is 5. The Balaban J connectivity index is 1.86. The molecule has 0 saturated heterocycles. The summed E-state index contributed by atoms with van der Waals surface area (Å²) < 4.78 is 16.1. The zero-order valence-corrected chi connectivity index (χ0v) is 16.2. The number of carbonyl (C=O) groups is 1. The third-order valence-electron chi connectivity index (χ3n) is 3.81. The van der Waals surface area contributed by atoms with Crippen LogP contribution in [0.5, 0.6) is 11.5 Å². The van der Waals surface area contributed by atoms with E-state index in [4.69, 9.17) is 9.47 Å². The van der Waals surface area contributed by atoms with Gasteiger partial charge in [-0.1, -0.05) is 38.1 Å². The van der Waals surface area contributed by atoms with Crippen LogP contribution >= 0.6 is 0 Å². The Morgan fingerprint density at radius 2 is 1.93 bits per heavy atom. The van der Waals surface area contributed by atoms with Gasteiger partial charge in [0.25, 0.3) is 0 Å². The summed E-state index contributed by atoms with van der Waals surface area (Å²) in [6, 6.07) is 13.7. The Kier molecular flexibility index (Phi) is 7.67. The van der Waals surface area contributed by atoms with Crippen molar-refractivity contribution < 1.29 is 19.0 Å². The number of nitrogens with zero attached hydrogens (tertiary/aromatic N) is 1. The summed E-state index contributed by atoms with van der Waals surface area (Å²) in [4.78, 5) is 11.0. The highest BCUT2D eigenvalue weighted by Crippen LogP contribution is 2.27. The third-order valence-corrected chi connectivity index (χ3v) is 3.81. The van der Waals surface area contributed by atoms with Gasteiger partial charge in [-0.15, -0.1) is 0 Å². The number of aryl methyl sites for hydroxylation is 1. The summed E-state index contributed by atoms with van der Waals surface area (Å²) >= 11 is 0. The van der Waals surface area contributed by atoms with Crippen molar-refractivity contribution in [2.45, 2.75) is 26.7 Å². The quantitative estimate of drug-likeness (QED) is 0.428. The number of benzene rings is 2. The maximum Gasteiger partial charge on any atom is 0.427 e. The molecule has 0 radical (unpaired) electrons. The van der Waals surface area contributed by atoms with Gasteiger partial charge in [-0.25, -0.2) is 10.2 Å². The molecule has 0 saturated carbocycles. The summed E-state index contributed by atoms with van der Waals surface area (Å²) in [6.45, 7) is 7.22. The lowest BCUT2D eigenvalue weighted by Crippen LogP contribution is -2.16. The van der Waals surface area contributed by atoms with E-state index in [9.17, 15) is 4.79 Å². The first kappa shape index (κ1) is 20.3. The van der Waals surface area contributed by atoms with Gasteiger partial charge < -0.3 is 14.2 Å². The second-order valence-electron chi connectivity index (χ2n) is 6.33. The minimum Gasteiger partial charge on any atom is -0.490 e. The fourth-order valence-corrected chi connectivity index (χ4v) is 2.44. The lowest BCUT2D eigenvalue weighted by atomic mass is 10.0. The van der Waals surface area contributed by atoms with Gasteiger partial charge in [0.05, 0.1) is 13.3 Å². The Morgan fingerprint density at radius 1 is 1.15 bits per heavy atom. The maximum absolute atomic E-state index is 11.0. The number of amides is 1. The number of hydrazone groups is 1. The van der Waals surface area contributed by atoms with E-state index in [1.807, 2.05) is 24.3 Å². The molecule has 0 spiro atoms. The van der Waals surface area contributed by atoms with E-state index in [1.165, 1.54) is 24.5 Å². The lowest BCUT2D eigenvalue weighted by molar-refractivity contribution is 0.171. The molecule has 1 amide bonds. The van der Waals surface area contributed by atoms with Crippen molar-refractivity contribution in [3.05, 3.63) is 59.2 Å². The normalized spacial score (nSPS) is 10.9. The van der Waals surface area contributed by atoms with E-state index in [1.54, 1.807) is 0 Å².